The maximum atomic E-state index is 6.52. The number of aryl methyl sites for hydroxylation is 1. The number of benzene rings is 2. The van der Waals surface area contributed by atoms with Crippen molar-refractivity contribution in [2.75, 3.05) is 19.8 Å². The van der Waals surface area contributed by atoms with E-state index in [1.54, 1.807) is 0 Å². The number of hydrogen-bond donors (Lipinski definition) is 1. The molecule has 1 fully saturated rings. The van der Waals surface area contributed by atoms with Gasteiger partial charge in [0.1, 0.15) is 6.61 Å². The summed E-state index contributed by atoms with van der Waals surface area (Å²) >= 11 is 6.52. The van der Waals surface area contributed by atoms with Crippen molar-refractivity contribution in [1.29, 1.82) is 0 Å². The lowest BCUT2D eigenvalue weighted by atomic mass is 10.1. The standard InChI is InChI=1S/C22H28ClNO3/c1-3-25-21-12-18(13-24-14-19-8-5-9-26-19)11-20(23)22(21)27-15-17-7-4-6-16(2)10-17/h4,6-7,10-12,19,24H,3,5,8-9,13-15H2,1-2H3/t19-/m0/s1. The molecule has 1 atom stereocenters. The molecule has 1 saturated heterocycles. The van der Waals surface area contributed by atoms with Gasteiger partial charge in [0.05, 0.1) is 17.7 Å². The summed E-state index contributed by atoms with van der Waals surface area (Å²) in [6.45, 7) is 7.49. The largest absolute Gasteiger partial charge is 0.490 e. The van der Waals surface area contributed by atoms with Gasteiger partial charge >= 0.3 is 0 Å². The summed E-state index contributed by atoms with van der Waals surface area (Å²) in [7, 11) is 0. The van der Waals surface area contributed by atoms with E-state index in [-0.39, 0.29) is 0 Å². The van der Waals surface area contributed by atoms with Gasteiger partial charge < -0.3 is 19.5 Å². The van der Waals surface area contributed by atoms with Crippen molar-refractivity contribution in [1.82, 2.24) is 5.32 Å². The van der Waals surface area contributed by atoms with Gasteiger partial charge in [0.25, 0.3) is 0 Å². The Hall–Kier alpha value is -1.75. The molecule has 1 heterocycles. The molecule has 0 bridgehead atoms. The van der Waals surface area contributed by atoms with Gasteiger partial charge in [-0.1, -0.05) is 41.4 Å². The molecule has 0 amide bonds. The predicted molar refractivity (Wildman–Crippen MR) is 109 cm³/mol. The summed E-state index contributed by atoms with van der Waals surface area (Å²) in [5.41, 5.74) is 3.39. The van der Waals surface area contributed by atoms with Gasteiger partial charge in [-0.05, 0) is 49.9 Å². The summed E-state index contributed by atoms with van der Waals surface area (Å²) < 4.78 is 17.4. The Balaban J connectivity index is 1.65. The van der Waals surface area contributed by atoms with Crippen molar-refractivity contribution in [3.8, 4) is 11.5 Å². The maximum absolute atomic E-state index is 6.52. The number of hydrogen-bond acceptors (Lipinski definition) is 4. The van der Waals surface area contributed by atoms with Crippen LogP contribution in [0, 0.1) is 6.92 Å². The molecule has 2 aromatic carbocycles. The first kappa shape index (κ1) is 20.0. The van der Waals surface area contributed by atoms with Crippen LogP contribution in [-0.2, 0) is 17.9 Å². The molecule has 1 N–H and O–H groups in total. The summed E-state index contributed by atoms with van der Waals surface area (Å²) in [5.74, 6) is 1.29. The van der Waals surface area contributed by atoms with Crippen LogP contribution in [0.2, 0.25) is 5.02 Å². The lowest BCUT2D eigenvalue weighted by molar-refractivity contribution is 0.110. The molecule has 5 heteroatoms. The minimum absolute atomic E-state index is 0.323. The van der Waals surface area contributed by atoms with Crippen molar-refractivity contribution >= 4 is 11.6 Å². The van der Waals surface area contributed by atoms with Crippen LogP contribution in [-0.4, -0.2) is 25.9 Å². The van der Waals surface area contributed by atoms with Gasteiger partial charge in [-0.3, -0.25) is 0 Å². The van der Waals surface area contributed by atoms with Crippen LogP contribution >= 0.6 is 11.6 Å². The van der Waals surface area contributed by atoms with E-state index in [1.807, 2.05) is 31.2 Å². The van der Waals surface area contributed by atoms with Crippen LogP contribution in [0.3, 0.4) is 0 Å². The summed E-state index contributed by atoms with van der Waals surface area (Å²) in [6.07, 6.45) is 2.60. The number of ether oxygens (including phenoxy) is 3. The van der Waals surface area contributed by atoms with E-state index in [2.05, 4.69) is 24.4 Å². The zero-order valence-electron chi connectivity index (χ0n) is 16.1. The fourth-order valence-electron chi connectivity index (χ4n) is 3.27. The first-order valence-corrected chi connectivity index (χ1v) is 9.99. The molecule has 1 aliphatic heterocycles. The number of rotatable bonds is 9. The van der Waals surface area contributed by atoms with E-state index >= 15 is 0 Å². The maximum Gasteiger partial charge on any atom is 0.180 e. The number of nitrogens with one attached hydrogen (secondary N) is 1. The Morgan fingerprint density at radius 2 is 2.07 bits per heavy atom. The fraction of sp³-hybridized carbons (Fsp3) is 0.455. The second-order valence-corrected chi connectivity index (χ2v) is 7.29. The normalized spacial score (nSPS) is 16.5. The first-order chi connectivity index (χ1) is 13.2. The lowest BCUT2D eigenvalue weighted by Gasteiger charge is -2.16. The Kier molecular flexibility index (Phi) is 7.39. The highest BCUT2D eigenvalue weighted by Gasteiger charge is 2.16. The molecule has 4 nitrogen and oxygen atoms in total. The molecule has 0 aromatic heterocycles. The van der Waals surface area contributed by atoms with Gasteiger partial charge in [0.2, 0.25) is 0 Å². The molecule has 146 valence electrons. The monoisotopic (exact) mass is 389 g/mol. The van der Waals surface area contributed by atoms with Crippen molar-refractivity contribution in [2.45, 2.75) is 45.9 Å². The molecule has 0 saturated carbocycles. The Bertz CT molecular complexity index is 744. The molecule has 0 spiro atoms. The minimum atomic E-state index is 0.323. The molecule has 0 unspecified atom stereocenters. The second-order valence-electron chi connectivity index (χ2n) is 6.88. The third kappa shape index (κ3) is 5.86. The summed E-state index contributed by atoms with van der Waals surface area (Å²) in [5, 5.41) is 4.02. The molecule has 0 radical (unpaired) electrons. The fourth-order valence-corrected chi connectivity index (χ4v) is 3.55. The van der Waals surface area contributed by atoms with Crippen molar-refractivity contribution in [3.63, 3.8) is 0 Å². The van der Waals surface area contributed by atoms with Crippen molar-refractivity contribution in [3.05, 3.63) is 58.1 Å². The second kappa shape index (κ2) is 9.98. The van der Waals surface area contributed by atoms with Crippen LogP contribution in [0.4, 0.5) is 0 Å². The summed E-state index contributed by atoms with van der Waals surface area (Å²) in [6, 6.07) is 12.2. The van der Waals surface area contributed by atoms with Crippen molar-refractivity contribution < 1.29 is 14.2 Å². The van der Waals surface area contributed by atoms with Crippen LogP contribution < -0.4 is 14.8 Å². The highest BCUT2D eigenvalue weighted by atomic mass is 35.5. The van der Waals surface area contributed by atoms with Crippen LogP contribution in [0.1, 0.15) is 36.5 Å². The summed E-state index contributed by atoms with van der Waals surface area (Å²) in [4.78, 5) is 0. The molecule has 27 heavy (non-hydrogen) atoms. The Morgan fingerprint density at radius 3 is 2.81 bits per heavy atom. The topological polar surface area (TPSA) is 39.7 Å². The molecule has 0 aliphatic carbocycles. The van der Waals surface area contributed by atoms with Gasteiger partial charge in [0.15, 0.2) is 11.5 Å². The molecular weight excluding hydrogens is 362 g/mol. The Morgan fingerprint density at radius 1 is 1.19 bits per heavy atom. The number of halogens is 1. The first-order valence-electron chi connectivity index (χ1n) is 9.61. The highest BCUT2D eigenvalue weighted by molar-refractivity contribution is 6.32. The third-order valence-corrected chi connectivity index (χ3v) is 4.84. The smallest absolute Gasteiger partial charge is 0.180 e. The SMILES string of the molecule is CCOc1cc(CNC[C@@H]2CCCO2)cc(Cl)c1OCc1cccc(C)c1. The average molecular weight is 390 g/mol. The minimum Gasteiger partial charge on any atom is -0.490 e. The van der Waals surface area contributed by atoms with Crippen LogP contribution in [0.5, 0.6) is 11.5 Å². The molecular formula is C22H28ClNO3. The van der Waals surface area contributed by atoms with Gasteiger partial charge in [-0.2, -0.15) is 0 Å². The average Bonchev–Trinajstić information content (AvgIpc) is 3.15. The zero-order valence-corrected chi connectivity index (χ0v) is 16.8. The van der Waals surface area contributed by atoms with E-state index in [1.165, 1.54) is 5.56 Å². The zero-order chi connectivity index (χ0) is 19.1. The van der Waals surface area contributed by atoms with Crippen LogP contribution in [0.25, 0.3) is 0 Å². The van der Waals surface area contributed by atoms with E-state index in [0.29, 0.717) is 35.8 Å². The van der Waals surface area contributed by atoms with E-state index in [0.717, 1.165) is 43.7 Å². The molecule has 3 rings (SSSR count). The highest BCUT2D eigenvalue weighted by Crippen LogP contribution is 2.37. The Labute approximate surface area is 166 Å². The van der Waals surface area contributed by atoms with Crippen molar-refractivity contribution in [2.24, 2.45) is 0 Å². The van der Waals surface area contributed by atoms with Gasteiger partial charge in [-0.25, -0.2) is 0 Å². The van der Waals surface area contributed by atoms with E-state index in [4.69, 9.17) is 25.8 Å². The molecule has 2 aromatic rings. The quantitative estimate of drug-likeness (QED) is 0.662. The molecule has 1 aliphatic rings. The lowest BCUT2D eigenvalue weighted by Crippen LogP contribution is -2.25. The van der Waals surface area contributed by atoms with E-state index < -0.39 is 0 Å². The third-order valence-electron chi connectivity index (χ3n) is 4.56. The van der Waals surface area contributed by atoms with Crippen LogP contribution in [0.15, 0.2) is 36.4 Å². The van der Waals surface area contributed by atoms with E-state index in [9.17, 15) is 0 Å². The van der Waals surface area contributed by atoms with Gasteiger partial charge in [0, 0.05) is 19.7 Å². The van der Waals surface area contributed by atoms with Gasteiger partial charge in [-0.15, -0.1) is 0 Å². The predicted octanol–water partition coefficient (Wildman–Crippen LogP) is 4.89.